The van der Waals surface area contributed by atoms with Crippen molar-refractivity contribution in [2.45, 2.75) is 6.92 Å². The normalized spacial score (nSPS) is 9.60. The van der Waals surface area contributed by atoms with E-state index in [1.54, 1.807) is 0 Å². The molecule has 0 unspecified atom stereocenters. The lowest BCUT2D eigenvalue weighted by molar-refractivity contribution is 0.202. The van der Waals surface area contributed by atoms with E-state index < -0.39 is 6.09 Å². The van der Waals surface area contributed by atoms with Gasteiger partial charge in [-0.25, -0.2) is 4.79 Å². The Bertz CT molecular complexity index is 362. The average molecular weight is 208 g/mol. The fraction of sp³-hybridized carbons (Fsp3) is 0.364. The van der Waals surface area contributed by atoms with Gasteiger partial charge in [0.1, 0.15) is 5.75 Å². The number of hydrogen-bond acceptors (Lipinski definition) is 3. The summed E-state index contributed by atoms with van der Waals surface area (Å²) in [5.41, 5.74) is 1.93. The number of carbonyl (C=O) groups excluding carboxylic acids is 1. The molecule has 0 aliphatic heterocycles. The van der Waals surface area contributed by atoms with E-state index in [0.717, 1.165) is 11.3 Å². The Morgan fingerprint density at radius 2 is 2.07 bits per heavy atom. The fourth-order valence-corrected chi connectivity index (χ4v) is 1.13. The Balaban J connectivity index is 2.95. The van der Waals surface area contributed by atoms with Crippen molar-refractivity contribution >= 4 is 11.8 Å². The number of ether oxygens (including phenoxy) is 1. The first-order valence-electron chi connectivity index (χ1n) is 4.72. The molecule has 0 atom stereocenters. The Morgan fingerprint density at radius 1 is 1.40 bits per heavy atom. The fourth-order valence-electron chi connectivity index (χ4n) is 1.13. The van der Waals surface area contributed by atoms with Crippen LogP contribution in [0.5, 0.6) is 5.75 Å². The molecule has 0 radical (unpaired) electrons. The van der Waals surface area contributed by atoms with Crippen molar-refractivity contribution in [1.82, 2.24) is 5.32 Å². The van der Waals surface area contributed by atoms with Gasteiger partial charge < -0.3 is 15.0 Å². The molecule has 0 fully saturated rings. The summed E-state index contributed by atoms with van der Waals surface area (Å²) in [5, 5.41) is 2.41. The van der Waals surface area contributed by atoms with E-state index in [9.17, 15) is 4.79 Å². The highest BCUT2D eigenvalue weighted by Gasteiger charge is 2.06. The average Bonchev–Trinajstić information content (AvgIpc) is 2.20. The van der Waals surface area contributed by atoms with E-state index in [-0.39, 0.29) is 0 Å². The van der Waals surface area contributed by atoms with Crippen LogP contribution in [-0.2, 0) is 0 Å². The summed E-state index contributed by atoms with van der Waals surface area (Å²) in [4.78, 5) is 13.0. The molecule has 0 bridgehead atoms. The Hall–Kier alpha value is -1.71. The van der Waals surface area contributed by atoms with Crippen LogP contribution in [0.25, 0.3) is 0 Å². The van der Waals surface area contributed by atoms with Crippen LogP contribution in [0.4, 0.5) is 10.5 Å². The van der Waals surface area contributed by atoms with Crippen LogP contribution in [0, 0.1) is 6.92 Å². The number of nitrogens with one attached hydrogen (secondary N) is 1. The quantitative estimate of drug-likeness (QED) is 0.805. The van der Waals surface area contributed by atoms with E-state index in [1.165, 1.54) is 7.05 Å². The smallest absolute Gasteiger partial charge is 0.410 e. The van der Waals surface area contributed by atoms with Crippen LogP contribution in [0.2, 0.25) is 0 Å². The minimum atomic E-state index is -0.450. The first-order valence-corrected chi connectivity index (χ1v) is 4.72. The molecular formula is C11H16N2O2. The van der Waals surface area contributed by atoms with Gasteiger partial charge in [-0.05, 0) is 18.6 Å². The molecule has 0 saturated carbocycles. The molecule has 1 amide bonds. The number of benzene rings is 1. The lowest BCUT2D eigenvalue weighted by Gasteiger charge is -2.15. The third kappa shape index (κ3) is 2.87. The zero-order valence-corrected chi connectivity index (χ0v) is 9.50. The Labute approximate surface area is 89.8 Å². The molecule has 4 nitrogen and oxygen atoms in total. The van der Waals surface area contributed by atoms with Crippen molar-refractivity contribution in [3.05, 3.63) is 23.8 Å². The van der Waals surface area contributed by atoms with Crippen molar-refractivity contribution < 1.29 is 9.53 Å². The van der Waals surface area contributed by atoms with Gasteiger partial charge >= 0.3 is 6.09 Å². The molecule has 4 heteroatoms. The molecule has 0 saturated heterocycles. The molecule has 0 aromatic heterocycles. The standard InChI is InChI=1S/C11H16N2O2/c1-8-5-6-9(13(3)4)7-10(8)15-11(14)12-2/h5-7H,1-4H3,(H,12,14). The summed E-state index contributed by atoms with van der Waals surface area (Å²) in [6.45, 7) is 1.90. The molecule has 1 N–H and O–H groups in total. The maximum Gasteiger partial charge on any atom is 0.412 e. The van der Waals surface area contributed by atoms with Gasteiger partial charge in [0.15, 0.2) is 0 Å². The van der Waals surface area contributed by atoms with E-state index >= 15 is 0 Å². The van der Waals surface area contributed by atoms with Gasteiger partial charge in [0.05, 0.1) is 0 Å². The molecule has 1 rings (SSSR count). The monoisotopic (exact) mass is 208 g/mol. The number of carbonyl (C=O) groups is 1. The van der Waals surface area contributed by atoms with Crippen molar-refractivity contribution in [1.29, 1.82) is 0 Å². The number of aryl methyl sites for hydroxylation is 1. The second-order valence-electron chi connectivity index (χ2n) is 3.48. The minimum Gasteiger partial charge on any atom is -0.410 e. The van der Waals surface area contributed by atoms with E-state index in [4.69, 9.17) is 4.74 Å². The van der Waals surface area contributed by atoms with Gasteiger partial charge in [0, 0.05) is 32.9 Å². The highest BCUT2D eigenvalue weighted by Crippen LogP contribution is 2.24. The van der Waals surface area contributed by atoms with Gasteiger partial charge in [0.2, 0.25) is 0 Å². The van der Waals surface area contributed by atoms with Crippen LogP contribution in [0.15, 0.2) is 18.2 Å². The number of rotatable bonds is 2. The molecule has 15 heavy (non-hydrogen) atoms. The minimum absolute atomic E-state index is 0.450. The van der Waals surface area contributed by atoms with Gasteiger partial charge in [-0.2, -0.15) is 0 Å². The summed E-state index contributed by atoms with van der Waals surface area (Å²) in [6.07, 6.45) is -0.450. The molecule has 0 aliphatic rings. The molecule has 1 aromatic carbocycles. The first-order chi connectivity index (χ1) is 7.04. The maximum absolute atomic E-state index is 11.1. The predicted molar refractivity (Wildman–Crippen MR) is 60.6 cm³/mol. The number of amides is 1. The zero-order valence-electron chi connectivity index (χ0n) is 9.50. The topological polar surface area (TPSA) is 41.6 Å². The van der Waals surface area contributed by atoms with Crippen LogP contribution in [-0.4, -0.2) is 27.2 Å². The lowest BCUT2D eigenvalue weighted by Crippen LogP contribution is -2.22. The maximum atomic E-state index is 11.1. The summed E-state index contributed by atoms with van der Waals surface area (Å²) in [5.74, 6) is 0.584. The van der Waals surface area contributed by atoms with E-state index in [2.05, 4.69) is 5.32 Å². The molecule has 0 spiro atoms. The molecule has 1 aromatic rings. The predicted octanol–water partition coefficient (Wildman–Crippen LogP) is 1.78. The summed E-state index contributed by atoms with van der Waals surface area (Å²) in [6, 6.07) is 5.74. The summed E-state index contributed by atoms with van der Waals surface area (Å²) >= 11 is 0. The number of hydrogen-bond donors (Lipinski definition) is 1. The van der Waals surface area contributed by atoms with Gasteiger partial charge in [-0.3, -0.25) is 0 Å². The third-order valence-electron chi connectivity index (χ3n) is 2.09. The highest BCUT2D eigenvalue weighted by atomic mass is 16.6. The van der Waals surface area contributed by atoms with Crippen LogP contribution in [0.3, 0.4) is 0 Å². The molecule has 0 aliphatic carbocycles. The highest BCUT2D eigenvalue weighted by molar-refractivity contribution is 5.71. The van der Waals surface area contributed by atoms with Gasteiger partial charge in [-0.1, -0.05) is 6.07 Å². The van der Waals surface area contributed by atoms with Crippen LogP contribution < -0.4 is 15.0 Å². The van der Waals surface area contributed by atoms with Crippen LogP contribution >= 0.6 is 0 Å². The Kier molecular flexibility index (Phi) is 3.55. The molecular weight excluding hydrogens is 192 g/mol. The van der Waals surface area contributed by atoms with Crippen LogP contribution in [0.1, 0.15) is 5.56 Å². The van der Waals surface area contributed by atoms with Crippen molar-refractivity contribution in [2.75, 3.05) is 26.0 Å². The van der Waals surface area contributed by atoms with Crippen molar-refractivity contribution in [3.63, 3.8) is 0 Å². The second-order valence-corrected chi connectivity index (χ2v) is 3.48. The number of anilines is 1. The first kappa shape index (κ1) is 11.4. The lowest BCUT2D eigenvalue weighted by atomic mass is 10.2. The van der Waals surface area contributed by atoms with Gasteiger partial charge in [-0.15, -0.1) is 0 Å². The molecule has 82 valence electrons. The van der Waals surface area contributed by atoms with E-state index in [1.807, 2.05) is 44.1 Å². The Morgan fingerprint density at radius 3 is 2.60 bits per heavy atom. The summed E-state index contributed by atoms with van der Waals surface area (Å²) < 4.78 is 5.11. The zero-order chi connectivity index (χ0) is 11.4. The number of nitrogens with zero attached hydrogens (tertiary/aromatic N) is 1. The SMILES string of the molecule is CNC(=O)Oc1cc(N(C)C)ccc1C. The third-order valence-corrected chi connectivity index (χ3v) is 2.09. The summed E-state index contributed by atoms with van der Waals surface area (Å²) in [7, 11) is 5.41. The van der Waals surface area contributed by atoms with E-state index in [0.29, 0.717) is 5.75 Å². The largest absolute Gasteiger partial charge is 0.412 e. The second kappa shape index (κ2) is 4.68. The molecule has 0 heterocycles. The van der Waals surface area contributed by atoms with Crippen molar-refractivity contribution in [2.24, 2.45) is 0 Å². The van der Waals surface area contributed by atoms with Crippen molar-refractivity contribution in [3.8, 4) is 5.75 Å². The van der Waals surface area contributed by atoms with Gasteiger partial charge in [0.25, 0.3) is 0 Å².